The summed E-state index contributed by atoms with van der Waals surface area (Å²) in [5.41, 5.74) is 1.74. The molecule has 0 bridgehead atoms. The average Bonchev–Trinajstić information content (AvgIpc) is 2.42. The number of aliphatic carboxylic acids is 1. The van der Waals surface area contributed by atoms with E-state index in [0.717, 1.165) is 16.5 Å². The molecule has 1 aliphatic carbocycles. The lowest BCUT2D eigenvalue weighted by atomic mass is 9.74. The summed E-state index contributed by atoms with van der Waals surface area (Å²) in [7, 11) is 0. The van der Waals surface area contributed by atoms with Gasteiger partial charge in [-0.05, 0) is 55.9 Å². The summed E-state index contributed by atoms with van der Waals surface area (Å²) in [5.74, 6) is -1.71. The van der Waals surface area contributed by atoms with Gasteiger partial charge in [-0.15, -0.1) is 0 Å². The van der Waals surface area contributed by atoms with Gasteiger partial charge in [0.1, 0.15) is 0 Å². The number of hydrogen-bond donors (Lipinski definition) is 2. The highest BCUT2D eigenvalue weighted by atomic mass is 79.9. The number of carbonyl (C=O) groups excluding carboxylic acids is 1. The van der Waals surface area contributed by atoms with Crippen molar-refractivity contribution in [2.24, 2.45) is 17.8 Å². The highest BCUT2D eigenvalue weighted by Crippen LogP contribution is 2.35. The molecule has 0 saturated heterocycles. The predicted molar refractivity (Wildman–Crippen MR) is 85.1 cm³/mol. The molecule has 1 amide bonds. The van der Waals surface area contributed by atoms with E-state index in [1.165, 1.54) is 0 Å². The summed E-state index contributed by atoms with van der Waals surface area (Å²) in [6.07, 6.45) is 2.12. The summed E-state index contributed by atoms with van der Waals surface area (Å²) < 4.78 is 0.982. The van der Waals surface area contributed by atoms with Crippen LogP contribution in [0.3, 0.4) is 0 Å². The summed E-state index contributed by atoms with van der Waals surface area (Å²) in [6.45, 7) is 3.99. The normalized spacial score (nSPS) is 25.4. The number of carbonyl (C=O) groups is 2. The lowest BCUT2D eigenvalue weighted by Gasteiger charge is -2.31. The summed E-state index contributed by atoms with van der Waals surface area (Å²) in [6, 6.07) is 5.57. The molecule has 0 radical (unpaired) electrons. The van der Waals surface area contributed by atoms with Crippen LogP contribution in [0.5, 0.6) is 0 Å². The Morgan fingerprint density at radius 2 is 2.00 bits per heavy atom. The number of amides is 1. The van der Waals surface area contributed by atoms with Crippen LogP contribution in [0.1, 0.15) is 31.7 Å². The molecule has 1 aliphatic rings. The zero-order chi connectivity index (χ0) is 15.6. The van der Waals surface area contributed by atoms with Crippen molar-refractivity contribution >= 4 is 33.5 Å². The van der Waals surface area contributed by atoms with Gasteiger partial charge in [-0.3, -0.25) is 9.59 Å². The monoisotopic (exact) mass is 353 g/mol. The quantitative estimate of drug-likeness (QED) is 0.867. The zero-order valence-electron chi connectivity index (χ0n) is 12.2. The molecule has 1 aromatic rings. The van der Waals surface area contributed by atoms with Gasteiger partial charge in [-0.1, -0.05) is 22.9 Å². The van der Waals surface area contributed by atoms with E-state index in [1.807, 2.05) is 32.0 Å². The Morgan fingerprint density at radius 3 is 2.62 bits per heavy atom. The van der Waals surface area contributed by atoms with Crippen LogP contribution >= 0.6 is 15.9 Å². The first-order chi connectivity index (χ1) is 9.88. The molecule has 0 spiro atoms. The Morgan fingerprint density at radius 1 is 1.29 bits per heavy atom. The minimum atomic E-state index is -0.867. The maximum atomic E-state index is 12.4. The van der Waals surface area contributed by atoms with E-state index in [0.29, 0.717) is 24.4 Å². The highest BCUT2D eigenvalue weighted by molar-refractivity contribution is 9.10. The van der Waals surface area contributed by atoms with E-state index in [-0.39, 0.29) is 5.91 Å². The number of carboxylic acid groups (broad SMARTS) is 1. The van der Waals surface area contributed by atoms with Gasteiger partial charge in [0.05, 0.1) is 11.8 Å². The molecule has 0 aliphatic heterocycles. The molecular weight excluding hydrogens is 334 g/mol. The fourth-order valence-corrected chi connectivity index (χ4v) is 3.17. The van der Waals surface area contributed by atoms with Gasteiger partial charge in [0.2, 0.25) is 5.91 Å². The van der Waals surface area contributed by atoms with Crippen molar-refractivity contribution in [1.82, 2.24) is 0 Å². The SMILES string of the molecule is Cc1cc(NC(=O)C2CCC(C)CC2C(=O)O)ccc1Br. The van der Waals surface area contributed by atoms with Crippen molar-refractivity contribution < 1.29 is 14.7 Å². The van der Waals surface area contributed by atoms with Gasteiger partial charge < -0.3 is 10.4 Å². The van der Waals surface area contributed by atoms with Crippen molar-refractivity contribution in [2.45, 2.75) is 33.1 Å². The van der Waals surface area contributed by atoms with E-state index in [1.54, 1.807) is 0 Å². The number of aryl methyl sites for hydroxylation is 1. The highest BCUT2D eigenvalue weighted by Gasteiger charge is 2.38. The van der Waals surface area contributed by atoms with E-state index >= 15 is 0 Å². The number of benzene rings is 1. The van der Waals surface area contributed by atoms with Crippen LogP contribution in [0, 0.1) is 24.7 Å². The number of rotatable bonds is 3. The number of anilines is 1. The second kappa shape index (κ2) is 6.60. The molecule has 4 nitrogen and oxygen atoms in total. The molecule has 3 unspecified atom stereocenters. The second-order valence-corrected chi connectivity index (χ2v) is 6.78. The van der Waals surface area contributed by atoms with Gasteiger partial charge in [0, 0.05) is 10.2 Å². The Labute approximate surface area is 133 Å². The largest absolute Gasteiger partial charge is 0.481 e. The molecule has 2 rings (SSSR count). The van der Waals surface area contributed by atoms with E-state index < -0.39 is 17.8 Å². The smallest absolute Gasteiger partial charge is 0.307 e. The van der Waals surface area contributed by atoms with Crippen LogP contribution in [0.2, 0.25) is 0 Å². The number of carboxylic acids is 1. The molecule has 0 heterocycles. The third-order valence-corrected chi connectivity index (χ3v) is 5.08. The minimum Gasteiger partial charge on any atom is -0.481 e. The van der Waals surface area contributed by atoms with Crippen LogP contribution in [-0.4, -0.2) is 17.0 Å². The standard InChI is InChI=1S/C16H20BrNO3/c1-9-3-5-12(13(7-9)16(20)21)15(19)18-11-4-6-14(17)10(2)8-11/h4,6,8-9,12-13H,3,5,7H2,1-2H3,(H,18,19)(H,20,21). The van der Waals surface area contributed by atoms with E-state index in [9.17, 15) is 14.7 Å². The van der Waals surface area contributed by atoms with Gasteiger partial charge in [0.15, 0.2) is 0 Å². The van der Waals surface area contributed by atoms with Gasteiger partial charge in [-0.25, -0.2) is 0 Å². The lowest BCUT2D eigenvalue weighted by molar-refractivity contribution is -0.148. The van der Waals surface area contributed by atoms with E-state index in [2.05, 4.69) is 21.2 Å². The zero-order valence-corrected chi connectivity index (χ0v) is 13.8. The van der Waals surface area contributed by atoms with Crippen LogP contribution in [-0.2, 0) is 9.59 Å². The molecule has 1 aromatic carbocycles. The predicted octanol–water partition coefficient (Wildman–Crippen LogP) is 3.83. The van der Waals surface area contributed by atoms with Crippen LogP contribution in [0.25, 0.3) is 0 Å². The minimum absolute atomic E-state index is 0.184. The van der Waals surface area contributed by atoms with Crippen LogP contribution in [0.15, 0.2) is 22.7 Å². The molecule has 5 heteroatoms. The average molecular weight is 354 g/mol. The third kappa shape index (κ3) is 3.84. The maximum Gasteiger partial charge on any atom is 0.307 e. The van der Waals surface area contributed by atoms with Crippen LogP contribution in [0.4, 0.5) is 5.69 Å². The fraction of sp³-hybridized carbons (Fsp3) is 0.500. The van der Waals surface area contributed by atoms with Crippen molar-refractivity contribution in [1.29, 1.82) is 0 Å². The molecule has 0 aromatic heterocycles. The first-order valence-electron chi connectivity index (χ1n) is 7.18. The molecule has 21 heavy (non-hydrogen) atoms. The van der Waals surface area contributed by atoms with Gasteiger partial charge in [-0.2, -0.15) is 0 Å². The summed E-state index contributed by atoms with van der Waals surface area (Å²) in [5, 5.41) is 12.2. The van der Waals surface area contributed by atoms with Crippen molar-refractivity contribution in [3.8, 4) is 0 Å². The second-order valence-electron chi connectivity index (χ2n) is 5.92. The van der Waals surface area contributed by atoms with Gasteiger partial charge in [0.25, 0.3) is 0 Å². The first-order valence-corrected chi connectivity index (χ1v) is 7.97. The Kier molecular flexibility index (Phi) is 5.04. The fourth-order valence-electron chi connectivity index (χ4n) is 2.93. The molecule has 1 saturated carbocycles. The van der Waals surface area contributed by atoms with E-state index in [4.69, 9.17) is 0 Å². The van der Waals surface area contributed by atoms with Gasteiger partial charge >= 0.3 is 5.97 Å². The summed E-state index contributed by atoms with van der Waals surface area (Å²) >= 11 is 3.42. The Bertz CT molecular complexity index is 558. The number of nitrogens with one attached hydrogen (secondary N) is 1. The first kappa shape index (κ1) is 16.0. The Hall–Kier alpha value is -1.36. The van der Waals surface area contributed by atoms with Crippen molar-refractivity contribution in [3.05, 3.63) is 28.2 Å². The topological polar surface area (TPSA) is 66.4 Å². The summed E-state index contributed by atoms with van der Waals surface area (Å²) in [4.78, 5) is 23.8. The van der Waals surface area contributed by atoms with Crippen LogP contribution < -0.4 is 5.32 Å². The molecular formula is C16H20BrNO3. The lowest BCUT2D eigenvalue weighted by Crippen LogP contribution is -2.38. The number of halogens is 1. The molecule has 2 N–H and O–H groups in total. The molecule has 1 fully saturated rings. The number of hydrogen-bond acceptors (Lipinski definition) is 2. The van der Waals surface area contributed by atoms with Crippen molar-refractivity contribution in [3.63, 3.8) is 0 Å². The third-order valence-electron chi connectivity index (χ3n) is 4.19. The molecule has 114 valence electrons. The van der Waals surface area contributed by atoms with Crippen molar-refractivity contribution in [2.75, 3.05) is 5.32 Å². The Balaban J connectivity index is 2.10. The molecule has 3 atom stereocenters. The maximum absolute atomic E-state index is 12.4.